The predicted octanol–water partition coefficient (Wildman–Crippen LogP) is 2.70. The normalized spacial score (nSPS) is 22.7. The number of nitrogens with zero attached hydrogens (tertiary/aromatic N) is 3. The van der Waals surface area contributed by atoms with Gasteiger partial charge in [-0.2, -0.15) is 0 Å². The molecule has 2 aromatic rings. The molecule has 2 atom stereocenters. The maximum absolute atomic E-state index is 12.6. The number of pyridine rings is 2. The van der Waals surface area contributed by atoms with Crippen molar-refractivity contribution in [3.63, 3.8) is 0 Å². The van der Waals surface area contributed by atoms with Gasteiger partial charge in [-0.15, -0.1) is 0 Å². The molecule has 2 fully saturated rings. The van der Waals surface area contributed by atoms with E-state index in [0.717, 1.165) is 37.7 Å². The molecule has 0 aromatic carbocycles. The molecule has 1 saturated heterocycles. The summed E-state index contributed by atoms with van der Waals surface area (Å²) in [5, 5.41) is 4.72. The predicted molar refractivity (Wildman–Crippen MR) is 104 cm³/mol. The molecule has 2 aliphatic rings. The summed E-state index contributed by atoms with van der Waals surface area (Å²) in [5.41, 5.74) is 5.85. The number of amides is 2. The second-order valence-electron chi connectivity index (χ2n) is 7.46. The summed E-state index contributed by atoms with van der Waals surface area (Å²) in [7, 11) is 0. The smallest absolute Gasteiger partial charge is 0.228 e. The Labute approximate surface area is 162 Å². The van der Waals surface area contributed by atoms with E-state index in [9.17, 15) is 9.59 Å². The zero-order chi connectivity index (χ0) is 19.1. The van der Waals surface area contributed by atoms with Crippen molar-refractivity contribution >= 4 is 45.8 Å². The van der Waals surface area contributed by atoms with Gasteiger partial charge >= 0.3 is 0 Å². The minimum atomic E-state index is 0.00831. The van der Waals surface area contributed by atoms with Gasteiger partial charge in [0.05, 0.1) is 0 Å². The van der Waals surface area contributed by atoms with Crippen LogP contribution in [0, 0.1) is 17.8 Å². The Morgan fingerprint density at radius 2 is 2.04 bits per heavy atom. The quantitative estimate of drug-likeness (QED) is 0.788. The highest BCUT2D eigenvalue weighted by Crippen LogP contribution is 2.48. The molecule has 1 aliphatic heterocycles. The first-order valence-electron chi connectivity index (χ1n) is 9.20. The molecular weight excluding hydrogens is 366 g/mol. The number of nitrogens with one attached hydrogen (secondary N) is 1. The number of likely N-dealkylation sites (tertiary alicyclic amines) is 1. The molecule has 1 aliphatic carbocycles. The van der Waals surface area contributed by atoms with Crippen LogP contribution >= 0.6 is 11.6 Å². The SMILES string of the molecule is CC(=O)N1CCC(C2CC2C(=O)Nc2cc3cc(Cl)nc(N)c3cn2)CC1. The fraction of sp³-hybridized carbons (Fsp3) is 0.474. The van der Waals surface area contributed by atoms with E-state index in [-0.39, 0.29) is 17.7 Å². The van der Waals surface area contributed by atoms with E-state index in [4.69, 9.17) is 17.3 Å². The molecule has 2 aromatic heterocycles. The molecule has 1 saturated carbocycles. The Bertz CT molecular complexity index is 910. The number of nitrogen functional groups attached to an aromatic ring is 1. The standard InChI is InChI=1S/C19H22ClN5O2/c1-10(26)25-4-2-11(3-5-25)13-8-14(13)19(27)24-17-7-12-6-16(20)23-18(21)15(12)9-22-17/h6-7,9,11,13-14H,2-5,8H2,1H3,(H2,21,23)(H,22,24,27). The largest absolute Gasteiger partial charge is 0.383 e. The van der Waals surface area contributed by atoms with E-state index < -0.39 is 0 Å². The molecule has 2 unspecified atom stereocenters. The van der Waals surface area contributed by atoms with Crippen molar-refractivity contribution in [2.75, 3.05) is 24.1 Å². The van der Waals surface area contributed by atoms with E-state index in [2.05, 4.69) is 15.3 Å². The Balaban J connectivity index is 1.38. The fourth-order valence-corrected chi connectivity index (χ4v) is 4.32. The van der Waals surface area contributed by atoms with Crippen LogP contribution in [-0.2, 0) is 9.59 Å². The molecule has 8 heteroatoms. The molecule has 0 radical (unpaired) electrons. The van der Waals surface area contributed by atoms with Crippen molar-refractivity contribution in [1.82, 2.24) is 14.9 Å². The van der Waals surface area contributed by atoms with E-state index in [1.54, 1.807) is 25.3 Å². The van der Waals surface area contributed by atoms with Gasteiger partial charge in [-0.25, -0.2) is 9.97 Å². The van der Waals surface area contributed by atoms with Crippen molar-refractivity contribution in [3.8, 4) is 0 Å². The summed E-state index contributed by atoms with van der Waals surface area (Å²) in [4.78, 5) is 34.2. The molecule has 3 heterocycles. The summed E-state index contributed by atoms with van der Waals surface area (Å²) in [5.74, 6) is 1.92. The fourth-order valence-electron chi connectivity index (χ4n) is 4.11. The van der Waals surface area contributed by atoms with E-state index >= 15 is 0 Å². The second-order valence-corrected chi connectivity index (χ2v) is 7.85. The highest BCUT2D eigenvalue weighted by Gasteiger charge is 2.48. The van der Waals surface area contributed by atoms with Gasteiger partial charge in [0.2, 0.25) is 11.8 Å². The number of carbonyl (C=O) groups excluding carboxylic acids is 2. The highest BCUT2D eigenvalue weighted by atomic mass is 35.5. The summed E-state index contributed by atoms with van der Waals surface area (Å²) in [6.45, 7) is 3.21. The number of rotatable bonds is 3. The van der Waals surface area contributed by atoms with Gasteiger partial charge in [0.1, 0.15) is 16.8 Å². The van der Waals surface area contributed by atoms with Crippen molar-refractivity contribution in [2.45, 2.75) is 26.2 Å². The average Bonchev–Trinajstić information content (AvgIpc) is 3.42. The first-order chi connectivity index (χ1) is 12.9. The summed E-state index contributed by atoms with van der Waals surface area (Å²) >= 11 is 5.95. The molecule has 3 N–H and O–H groups in total. The Morgan fingerprint density at radius 1 is 1.30 bits per heavy atom. The Morgan fingerprint density at radius 3 is 2.74 bits per heavy atom. The van der Waals surface area contributed by atoms with Crippen LogP contribution < -0.4 is 11.1 Å². The lowest BCUT2D eigenvalue weighted by Crippen LogP contribution is -2.37. The van der Waals surface area contributed by atoms with Gasteiger partial charge in [-0.1, -0.05) is 11.6 Å². The van der Waals surface area contributed by atoms with Gasteiger partial charge in [0.25, 0.3) is 0 Å². The van der Waals surface area contributed by atoms with Gasteiger partial charge < -0.3 is 16.0 Å². The van der Waals surface area contributed by atoms with Crippen LogP contribution in [0.2, 0.25) is 5.15 Å². The number of aromatic nitrogens is 2. The Hall–Kier alpha value is -2.41. The molecule has 0 bridgehead atoms. The van der Waals surface area contributed by atoms with Crippen molar-refractivity contribution in [2.24, 2.45) is 17.8 Å². The third-order valence-electron chi connectivity index (χ3n) is 5.73. The number of nitrogens with two attached hydrogens (primary N) is 1. The summed E-state index contributed by atoms with van der Waals surface area (Å²) in [6.07, 6.45) is 4.47. The highest BCUT2D eigenvalue weighted by molar-refractivity contribution is 6.30. The minimum Gasteiger partial charge on any atom is -0.383 e. The van der Waals surface area contributed by atoms with Crippen LogP contribution in [-0.4, -0.2) is 39.8 Å². The summed E-state index contributed by atoms with van der Waals surface area (Å²) in [6, 6.07) is 3.47. The number of carbonyl (C=O) groups is 2. The molecular formula is C19H22ClN5O2. The number of piperidine rings is 1. The number of hydrogen-bond acceptors (Lipinski definition) is 5. The molecule has 7 nitrogen and oxygen atoms in total. The van der Waals surface area contributed by atoms with Gasteiger partial charge in [-0.3, -0.25) is 9.59 Å². The lowest BCUT2D eigenvalue weighted by molar-refractivity contribution is -0.130. The van der Waals surface area contributed by atoms with Crippen LogP contribution in [0.4, 0.5) is 11.6 Å². The molecule has 2 amide bonds. The maximum atomic E-state index is 12.6. The van der Waals surface area contributed by atoms with Gasteiger partial charge in [0.15, 0.2) is 0 Å². The molecule has 4 rings (SSSR count). The van der Waals surface area contributed by atoms with E-state index in [0.29, 0.717) is 34.0 Å². The molecule has 0 spiro atoms. The van der Waals surface area contributed by atoms with E-state index in [1.165, 1.54) is 0 Å². The Kier molecular flexibility index (Phi) is 4.63. The maximum Gasteiger partial charge on any atom is 0.228 e. The van der Waals surface area contributed by atoms with Crippen LogP contribution in [0.5, 0.6) is 0 Å². The first kappa shape index (κ1) is 18.0. The number of anilines is 2. The van der Waals surface area contributed by atoms with Crippen molar-refractivity contribution in [3.05, 3.63) is 23.5 Å². The van der Waals surface area contributed by atoms with Crippen LogP contribution in [0.25, 0.3) is 10.8 Å². The number of halogens is 1. The van der Waals surface area contributed by atoms with Crippen molar-refractivity contribution in [1.29, 1.82) is 0 Å². The minimum absolute atomic E-state index is 0.00831. The number of hydrogen-bond donors (Lipinski definition) is 2. The second kappa shape index (κ2) is 6.96. The van der Waals surface area contributed by atoms with Crippen LogP contribution in [0.3, 0.4) is 0 Å². The first-order valence-corrected chi connectivity index (χ1v) is 9.58. The monoisotopic (exact) mass is 387 g/mol. The van der Waals surface area contributed by atoms with Crippen molar-refractivity contribution < 1.29 is 9.59 Å². The third-order valence-corrected chi connectivity index (χ3v) is 5.93. The van der Waals surface area contributed by atoms with Gasteiger partial charge in [-0.05, 0) is 48.6 Å². The molecule has 27 heavy (non-hydrogen) atoms. The average molecular weight is 388 g/mol. The molecule has 142 valence electrons. The number of fused-ring (bicyclic) bond motifs is 1. The summed E-state index contributed by atoms with van der Waals surface area (Å²) < 4.78 is 0. The lowest BCUT2D eigenvalue weighted by atomic mass is 9.91. The zero-order valence-corrected chi connectivity index (χ0v) is 15.9. The van der Waals surface area contributed by atoms with Crippen LogP contribution in [0.15, 0.2) is 18.3 Å². The van der Waals surface area contributed by atoms with Gasteiger partial charge in [0, 0.05) is 37.5 Å². The third kappa shape index (κ3) is 3.69. The van der Waals surface area contributed by atoms with Crippen LogP contribution in [0.1, 0.15) is 26.2 Å². The lowest BCUT2D eigenvalue weighted by Gasteiger charge is -2.31. The topological polar surface area (TPSA) is 101 Å². The zero-order valence-electron chi connectivity index (χ0n) is 15.1. The van der Waals surface area contributed by atoms with E-state index in [1.807, 2.05) is 4.90 Å².